The number of benzene rings is 1. The highest BCUT2D eigenvalue weighted by atomic mass is 79.9. The molecule has 0 bridgehead atoms. The van der Waals surface area contributed by atoms with Gasteiger partial charge in [-0.15, -0.1) is 0 Å². The van der Waals surface area contributed by atoms with Crippen LogP contribution < -0.4 is 5.32 Å². The summed E-state index contributed by atoms with van der Waals surface area (Å²) in [4.78, 5) is 17.2. The van der Waals surface area contributed by atoms with Crippen LogP contribution in [0.25, 0.3) is 0 Å². The molecule has 0 aliphatic carbocycles. The SMILES string of the molecule is CN1CCC(N2CCC(NC(=O)CCc3ccc(Br)cc3F)CC2)CC1. The molecule has 0 spiro atoms. The summed E-state index contributed by atoms with van der Waals surface area (Å²) in [5.74, 6) is -0.219. The Morgan fingerprint density at radius 1 is 1.19 bits per heavy atom. The Bertz CT molecular complexity index is 611. The summed E-state index contributed by atoms with van der Waals surface area (Å²) < 4.78 is 14.6. The molecule has 0 unspecified atom stereocenters. The third kappa shape index (κ3) is 5.51. The maximum absolute atomic E-state index is 13.8. The van der Waals surface area contributed by atoms with Crippen molar-refractivity contribution in [3.8, 4) is 0 Å². The molecule has 2 aliphatic rings. The van der Waals surface area contributed by atoms with E-state index in [1.165, 1.54) is 32.0 Å². The first-order chi connectivity index (χ1) is 12.5. The predicted molar refractivity (Wildman–Crippen MR) is 106 cm³/mol. The summed E-state index contributed by atoms with van der Waals surface area (Å²) in [5, 5.41) is 3.14. The smallest absolute Gasteiger partial charge is 0.220 e. The monoisotopic (exact) mass is 425 g/mol. The molecule has 0 saturated carbocycles. The number of nitrogens with one attached hydrogen (secondary N) is 1. The average molecular weight is 426 g/mol. The van der Waals surface area contributed by atoms with Crippen LogP contribution >= 0.6 is 15.9 Å². The molecular weight excluding hydrogens is 397 g/mol. The molecule has 1 amide bonds. The van der Waals surface area contributed by atoms with Gasteiger partial charge in [-0.2, -0.15) is 0 Å². The van der Waals surface area contributed by atoms with Crippen LogP contribution in [-0.4, -0.2) is 61.0 Å². The Morgan fingerprint density at radius 3 is 2.54 bits per heavy atom. The van der Waals surface area contributed by atoms with Gasteiger partial charge in [0.1, 0.15) is 5.82 Å². The third-order valence-corrected chi connectivity index (χ3v) is 6.23. The standard InChI is InChI=1S/C20H29BrFN3O/c1-24-10-8-18(9-11-24)25-12-6-17(7-13-25)23-20(26)5-3-15-2-4-16(21)14-19(15)22/h2,4,14,17-18H,3,5-13H2,1H3,(H,23,26). The lowest BCUT2D eigenvalue weighted by atomic mass is 9.98. The van der Waals surface area contributed by atoms with Crippen molar-refractivity contribution in [2.45, 2.75) is 50.6 Å². The average Bonchev–Trinajstić information content (AvgIpc) is 2.62. The van der Waals surface area contributed by atoms with E-state index in [4.69, 9.17) is 0 Å². The van der Waals surface area contributed by atoms with Gasteiger partial charge in [0.05, 0.1) is 0 Å². The zero-order valence-electron chi connectivity index (χ0n) is 15.5. The maximum atomic E-state index is 13.8. The summed E-state index contributed by atoms with van der Waals surface area (Å²) in [7, 11) is 2.19. The van der Waals surface area contributed by atoms with Crippen LogP contribution in [0, 0.1) is 5.82 Å². The highest BCUT2D eigenvalue weighted by molar-refractivity contribution is 9.10. The van der Waals surface area contributed by atoms with E-state index in [0.29, 0.717) is 24.4 Å². The number of amides is 1. The number of nitrogens with zero attached hydrogens (tertiary/aromatic N) is 2. The van der Waals surface area contributed by atoms with E-state index in [1.807, 2.05) is 6.07 Å². The number of carbonyl (C=O) groups excluding carboxylic acids is 1. The number of piperidine rings is 2. The fourth-order valence-corrected chi connectivity index (χ4v) is 4.37. The van der Waals surface area contributed by atoms with Crippen molar-refractivity contribution in [3.63, 3.8) is 0 Å². The van der Waals surface area contributed by atoms with Gasteiger partial charge < -0.3 is 15.1 Å². The number of rotatable bonds is 5. The zero-order chi connectivity index (χ0) is 18.5. The summed E-state index contributed by atoms with van der Waals surface area (Å²) >= 11 is 3.25. The minimum atomic E-state index is -0.251. The number of halogens is 2. The molecule has 2 saturated heterocycles. The molecular formula is C20H29BrFN3O. The molecule has 6 heteroatoms. The number of hydrogen-bond donors (Lipinski definition) is 1. The van der Waals surface area contributed by atoms with E-state index in [0.717, 1.165) is 30.4 Å². The van der Waals surface area contributed by atoms with Crippen molar-refractivity contribution in [2.24, 2.45) is 0 Å². The molecule has 1 aromatic carbocycles. The molecule has 144 valence electrons. The number of likely N-dealkylation sites (tertiary alicyclic amines) is 2. The Kier molecular flexibility index (Phi) is 7.06. The number of carbonyl (C=O) groups is 1. The fraction of sp³-hybridized carbons (Fsp3) is 0.650. The highest BCUT2D eigenvalue weighted by Crippen LogP contribution is 2.21. The number of aryl methyl sites for hydroxylation is 1. The minimum absolute atomic E-state index is 0.0325. The fourth-order valence-electron chi connectivity index (χ4n) is 4.04. The highest BCUT2D eigenvalue weighted by Gasteiger charge is 2.27. The number of hydrogen-bond acceptors (Lipinski definition) is 3. The molecule has 26 heavy (non-hydrogen) atoms. The summed E-state index contributed by atoms with van der Waals surface area (Å²) in [6.07, 6.45) is 5.33. The largest absolute Gasteiger partial charge is 0.353 e. The van der Waals surface area contributed by atoms with Crippen LogP contribution in [-0.2, 0) is 11.2 Å². The molecule has 2 heterocycles. The van der Waals surface area contributed by atoms with E-state index >= 15 is 0 Å². The second-order valence-electron chi connectivity index (χ2n) is 7.65. The van der Waals surface area contributed by atoms with Gasteiger partial charge in [0.2, 0.25) is 5.91 Å². The van der Waals surface area contributed by atoms with Gasteiger partial charge in [0, 0.05) is 36.1 Å². The van der Waals surface area contributed by atoms with Crippen LogP contribution in [0.3, 0.4) is 0 Å². The van der Waals surface area contributed by atoms with Gasteiger partial charge in [-0.1, -0.05) is 22.0 Å². The topological polar surface area (TPSA) is 35.6 Å². The second kappa shape index (κ2) is 9.29. The molecule has 0 radical (unpaired) electrons. The summed E-state index contributed by atoms with van der Waals surface area (Å²) in [6.45, 7) is 4.52. The first-order valence-electron chi connectivity index (χ1n) is 9.67. The third-order valence-electron chi connectivity index (χ3n) is 5.74. The van der Waals surface area contributed by atoms with E-state index < -0.39 is 0 Å². The van der Waals surface area contributed by atoms with Gasteiger partial charge in [-0.25, -0.2) is 4.39 Å². The Balaban J connectivity index is 1.38. The molecule has 0 aromatic heterocycles. The van der Waals surface area contributed by atoms with Crippen molar-refractivity contribution >= 4 is 21.8 Å². The van der Waals surface area contributed by atoms with Crippen molar-refractivity contribution in [1.29, 1.82) is 0 Å². The minimum Gasteiger partial charge on any atom is -0.353 e. The molecule has 2 fully saturated rings. The lowest BCUT2D eigenvalue weighted by Crippen LogP contribution is -2.50. The van der Waals surface area contributed by atoms with E-state index in [-0.39, 0.29) is 17.8 Å². The van der Waals surface area contributed by atoms with Gasteiger partial charge >= 0.3 is 0 Å². The van der Waals surface area contributed by atoms with Gasteiger partial charge in [-0.05, 0) is 69.9 Å². The van der Waals surface area contributed by atoms with Gasteiger partial charge in [0.25, 0.3) is 0 Å². The van der Waals surface area contributed by atoms with Crippen LogP contribution in [0.2, 0.25) is 0 Å². The van der Waals surface area contributed by atoms with Crippen molar-refractivity contribution in [2.75, 3.05) is 33.2 Å². The van der Waals surface area contributed by atoms with Crippen LogP contribution in [0.4, 0.5) is 4.39 Å². The van der Waals surface area contributed by atoms with Gasteiger partial charge in [0.15, 0.2) is 0 Å². The molecule has 4 nitrogen and oxygen atoms in total. The molecule has 1 N–H and O–H groups in total. The summed E-state index contributed by atoms with van der Waals surface area (Å²) in [6, 6.07) is 5.98. The lowest BCUT2D eigenvalue weighted by molar-refractivity contribution is -0.122. The van der Waals surface area contributed by atoms with Crippen LogP contribution in [0.5, 0.6) is 0 Å². The molecule has 0 atom stereocenters. The maximum Gasteiger partial charge on any atom is 0.220 e. The zero-order valence-corrected chi connectivity index (χ0v) is 17.1. The van der Waals surface area contributed by atoms with E-state index in [2.05, 4.69) is 38.1 Å². The van der Waals surface area contributed by atoms with Crippen molar-refractivity contribution in [3.05, 3.63) is 34.1 Å². The van der Waals surface area contributed by atoms with Gasteiger partial charge in [-0.3, -0.25) is 4.79 Å². The quantitative estimate of drug-likeness (QED) is 0.786. The second-order valence-corrected chi connectivity index (χ2v) is 8.56. The van der Waals surface area contributed by atoms with Crippen molar-refractivity contribution in [1.82, 2.24) is 15.1 Å². The predicted octanol–water partition coefficient (Wildman–Crippen LogP) is 3.20. The normalized spacial score (nSPS) is 21.0. The first-order valence-corrected chi connectivity index (χ1v) is 10.5. The molecule has 2 aliphatic heterocycles. The first kappa shape index (κ1) is 19.8. The Morgan fingerprint density at radius 2 is 1.88 bits per heavy atom. The Hall–Kier alpha value is -0.980. The molecule has 3 rings (SSSR count). The van der Waals surface area contributed by atoms with Crippen LogP contribution in [0.1, 0.15) is 37.7 Å². The van der Waals surface area contributed by atoms with Crippen LogP contribution in [0.15, 0.2) is 22.7 Å². The van der Waals surface area contributed by atoms with E-state index in [1.54, 1.807) is 6.07 Å². The summed E-state index contributed by atoms with van der Waals surface area (Å²) in [5.41, 5.74) is 0.598. The Labute approximate surface area is 164 Å². The van der Waals surface area contributed by atoms with Crippen molar-refractivity contribution < 1.29 is 9.18 Å². The molecule has 1 aromatic rings. The lowest BCUT2D eigenvalue weighted by Gasteiger charge is -2.41. The van der Waals surface area contributed by atoms with E-state index in [9.17, 15) is 9.18 Å².